The Balaban J connectivity index is 1.69. The minimum atomic E-state index is -0.290. The lowest BCUT2D eigenvalue weighted by Crippen LogP contribution is -2.36. The normalized spacial score (nSPS) is 27.5. The Bertz CT molecular complexity index is 487. The van der Waals surface area contributed by atoms with Crippen molar-refractivity contribution in [3.05, 3.63) is 23.7 Å². The van der Waals surface area contributed by atoms with Crippen LogP contribution in [0.15, 0.2) is 16.7 Å². The monoisotopic (exact) mass is 278 g/mol. The summed E-state index contributed by atoms with van der Waals surface area (Å²) in [5.74, 6) is 5.61. The summed E-state index contributed by atoms with van der Waals surface area (Å²) in [5, 5.41) is 0. The van der Waals surface area contributed by atoms with Crippen molar-refractivity contribution >= 4 is 5.91 Å². The van der Waals surface area contributed by atoms with E-state index in [0.29, 0.717) is 30.0 Å². The molecule has 20 heavy (non-hydrogen) atoms. The molecule has 2 fully saturated rings. The Labute approximate surface area is 118 Å². The topological polar surface area (TPSA) is 74.7 Å². The summed E-state index contributed by atoms with van der Waals surface area (Å²) < 4.78 is 5.47. The summed E-state index contributed by atoms with van der Waals surface area (Å²) in [6, 6.07) is 3.02. The maximum atomic E-state index is 11.7. The van der Waals surface area contributed by atoms with Crippen molar-refractivity contribution in [2.75, 3.05) is 20.1 Å². The van der Waals surface area contributed by atoms with Gasteiger partial charge in [0, 0.05) is 25.2 Å². The van der Waals surface area contributed by atoms with Crippen LogP contribution >= 0.6 is 0 Å². The maximum Gasteiger partial charge on any atom is 0.268 e. The second kappa shape index (κ2) is 5.55. The first-order valence-corrected chi connectivity index (χ1v) is 7.20. The number of fused-ring (bicyclic) bond motifs is 2. The van der Waals surface area contributed by atoms with Crippen LogP contribution in [0.5, 0.6) is 0 Å². The predicted molar refractivity (Wildman–Crippen MR) is 74.8 cm³/mol. The molecule has 2 saturated heterocycles. The minimum Gasteiger partial charge on any atom is -0.467 e. The highest BCUT2D eigenvalue weighted by atomic mass is 16.3. The molecule has 2 atom stereocenters. The van der Waals surface area contributed by atoms with Crippen LogP contribution in [0.1, 0.15) is 35.4 Å². The molecule has 0 radical (unpaired) electrons. The van der Waals surface area contributed by atoms with Gasteiger partial charge in [-0.05, 0) is 32.4 Å². The third-order valence-corrected chi connectivity index (χ3v) is 4.72. The molecule has 3 N–H and O–H groups in total. The van der Waals surface area contributed by atoms with Gasteiger partial charge in [-0.25, -0.2) is 5.84 Å². The molecule has 110 valence electrons. The fourth-order valence-corrected chi connectivity index (χ4v) is 3.47. The molecule has 1 aromatic heterocycles. The fourth-order valence-electron chi connectivity index (χ4n) is 3.47. The molecule has 2 aliphatic rings. The number of hydrogen-bond acceptors (Lipinski definition) is 5. The Morgan fingerprint density at radius 3 is 3.05 bits per heavy atom. The number of amides is 1. The van der Waals surface area contributed by atoms with Crippen LogP contribution in [0, 0.1) is 0 Å². The molecular weight excluding hydrogens is 256 g/mol. The van der Waals surface area contributed by atoms with Crippen molar-refractivity contribution in [3.63, 3.8) is 0 Å². The molecule has 3 heterocycles. The number of furan rings is 1. The highest BCUT2D eigenvalue weighted by molar-refractivity contribution is 5.94. The molecule has 6 nitrogen and oxygen atoms in total. The van der Waals surface area contributed by atoms with Crippen molar-refractivity contribution in [3.8, 4) is 0 Å². The first-order chi connectivity index (χ1) is 9.69. The molecule has 0 aromatic carbocycles. The van der Waals surface area contributed by atoms with Crippen molar-refractivity contribution in [1.82, 2.24) is 15.2 Å². The number of carbonyl (C=O) groups is 1. The van der Waals surface area contributed by atoms with Crippen LogP contribution < -0.4 is 11.3 Å². The molecule has 0 saturated carbocycles. The van der Waals surface area contributed by atoms with Gasteiger partial charge in [0.15, 0.2) is 0 Å². The smallest absolute Gasteiger partial charge is 0.268 e. The van der Waals surface area contributed by atoms with Crippen molar-refractivity contribution < 1.29 is 9.21 Å². The van der Waals surface area contributed by atoms with Crippen LogP contribution in [-0.2, 0) is 6.54 Å². The third-order valence-electron chi connectivity index (χ3n) is 4.72. The molecule has 2 aliphatic heterocycles. The lowest BCUT2D eigenvalue weighted by atomic mass is 10.1. The van der Waals surface area contributed by atoms with Crippen LogP contribution in [-0.4, -0.2) is 47.9 Å². The quantitative estimate of drug-likeness (QED) is 0.480. The lowest BCUT2D eigenvalue weighted by Gasteiger charge is -2.25. The van der Waals surface area contributed by atoms with E-state index >= 15 is 0 Å². The average Bonchev–Trinajstić information content (AvgIpc) is 2.98. The minimum absolute atomic E-state index is 0.290. The zero-order valence-electron chi connectivity index (χ0n) is 11.8. The summed E-state index contributed by atoms with van der Waals surface area (Å²) in [4.78, 5) is 16.6. The standard InChI is InChI=1S/C14H22N4O2/c1-17-10-2-3-11(17)8-18(6-4-10)9-13-12(5-7-20-13)14(19)16-15/h5,7,10-11H,2-4,6,8-9,15H2,1H3,(H,16,19). The number of nitrogens with two attached hydrogens (primary N) is 1. The van der Waals surface area contributed by atoms with E-state index in [1.807, 2.05) is 0 Å². The van der Waals surface area contributed by atoms with E-state index in [-0.39, 0.29) is 5.91 Å². The molecule has 3 rings (SSSR count). The Morgan fingerprint density at radius 2 is 2.25 bits per heavy atom. The highest BCUT2D eigenvalue weighted by Crippen LogP contribution is 2.29. The van der Waals surface area contributed by atoms with Crippen LogP contribution in [0.4, 0.5) is 0 Å². The van der Waals surface area contributed by atoms with Gasteiger partial charge >= 0.3 is 0 Å². The Morgan fingerprint density at radius 1 is 1.45 bits per heavy atom. The summed E-state index contributed by atoms with van der Waals surface area (Å²) >= 11 is 0. The molecule has 0 aliphatic carbocycles. The summed E-state index contributed by atoms with van der Waals surface area (Å²) in [7, 11) is 2.23. The summed E-state index contributed by atoms with van der Waals surface area (Å²) in [6.07, 6.45) is 5.32. The third kappa shape index (κ3) is 2.46. The number of rotatable bonds is 3. The molecule has 2 unspecified atom stereocenters. The Hall–Kier alpha value is -1.37. The van der Waals surface area contributed by atoms with Crippen LogP contribution in [0.2, 0.25) is 0 Å². The summed E-state index contributed by atoms with van der Waals surface area (Å²) in [6.45, 7) is 2.76. The van der Waals surface area contributed by atoms with E-state index < -0.39 is 0 Å². The molecule has 2 bridgehead atoms. The predicted octanol–water partition coefficient (Wildman–Crippen LogP) is 0.552. The van der Waals surface area contributed by atoms with Gasteiger partial charge in [-0.1, -0.05) is 0 Å². The maximum absolute atomic E-state index is 11.7. The number of nitrogen functional groups attached to an aromatic ring is 1. The second-order valence-corrected chi connectivity index (χ2v) is 5.81. The number of nitrogens with zero attached hydrogens (tertiary/aromatic N) is 2. The second-order valence-electron chi connectivity index (χ2n) is 5.81. The first kappa shape index (κ1) is 13.6. The highest BCUT2D eigenvalue weighted by Gasteiger charge is 2.34. The van der Waals surface area contributed by atoms with E-state index in [1.165, 1.54) is 19.3 Å². The number of likely N-dealkylation sites (tertiary alicyclic amines) is 1. The molecular formula is C14H22N4O2. The van der Waals surface area contributed by atoms with Gasteiger partial charge in [-0.2, -0.15) is 0 Å². The number of hydrogen-bond donors (Lipinski definition) is 2. The zero-order valence-corrected chi connectivity index (χ0v) is 11.8. The van der Waals surface area contributed by atoms with Gasteiger partial charge in [0.2, 0.25) is 0 Å². The van der Waals surface area contributed by atoms with Gasteiger partial charge < -0.3 is 4.42 Å². The van der Waals surface area contributed by atoms with Crippen molar-refractivity contribution in [2.45, 2.75) is 37.9 Å². The fraction of sp³-hybridized carbons (Fsp3) is 0.643. The molecule has 0 spiro atoms. The number of hydrazine groups is 1. The SMILES string of the molecule is CN1C2CCC1CN(Cc1occc1C(=O)NN)CC2. The number of likely N-dealkylation sites (N-methyl/N-ethyl adjacent to an activating group) is 1. The van der Waals surface area contributed by atoms with Crippen molar-refractivity contribution in [1.29, 1.82) is 0 Å². The molecule has 6 heteroatoms. The number of carbonyl (C=O) groups excluding carboxylic acids is 1. The molecule has 1 aromatic rings. The first-order valence-electron chi connectivity index (χ1n) is 7.20. The van der Waals surface area contributed by atoms with Gasteiger partial charge in [0.05, 0.1) is 18.4 Å². The van der Waals surface area contributed by atoms with Gasteiger partial charge in [-0.15, -0.1) is 0 Å². The zero-order chi connectivity index (χ0) is 14.1. The van der Waals surface area contributed by atoms with E-state index in [4.69, 9.17) is 10.3 Å². The molecule has 1 amide bonds. The van der Waals surface area contributed by atoms with Crippen molar-refractivity contribution in [2.24, 2.45) is 5.84 Å². The van der Waals surface area contributed by atoms with Gasteiger partial charge in [0.1, 0.15) is 5.76 Å². The van der Waals surface area contributed by atoms with Gasteiger partial charge in [0.25, 0.3) is 5.91 Å². The van der Waals surface area contributed by atoms with Gasteiger partial charge in [-0.3, -0.25) is 20.0 Å². The summed E-state index contributed by atoms with van der Waals surface area (Å²) in [5.41, 5.74) is 2.70. The van der Waals surface area contributed by atoms with E-state index in [2.05, 4.69) is 22.3 Å². The largest absolute Gasteiger partial charge is 0.467 e. The lowest BCUT2D eigenvalue weighted by molar-refractivity contribution is 0.0949. The van der Waals surface area contributed by atoms with E-state index in [9.17, 15) is 4.79 Å². The van der Waals surface area contributed by atoms with Crippen LogP contribution in [0.25, 0.3) is 0 Å². The van der Waals surface area contributed by atoms with E-state index in [0.717, 1.165) is 13.1 Å². The average molecular weight is 278 g/mol. The Kier molecular flexibility index (Phi) is 3.78. The van der Waals surface area contributed by atoms with Crippen LogP contribution in [0.3, 0.4) is 0 Å². The number of nitrogens with one attached hydrogen (secondary N) is 1. The van der Waals surface area contributed by atoms with E-state index in [1.54, 1.807) is 12.3 Å².